The number of hydrogen-bond donors (Lipinski definition) is 0. The van der Waals surface area contributed by atoms with Crippen molar-refractivity contribution in [1.29, 1.82) is 0 Å². The number of halogens is 7. The molecule has 0 bridgehead atoms. The Kier molecular flexibility index (Phi) is 8.06. The fourth-order valence-electron chi connectivity index (χ4n) is 5.29. The molecule has 0 saturated heterocycles. The molecule has 0 N–H and O–H groups in total. The average Bonchev–Trinajstić information content (AvgIpc) is 2.84. The smallest absolute Gasteiger partial charge is 0.194 e. The Bertz CT molecular complexity index is 1200. The van der Waals surface area contributed by atoms with Crippen molar-refractivity contribution in [3.05, 3.63) is 93.8 Å². The third kappa shape index (κ3) is 5.45. The highest BCUT2D eigenvalue weighted by atomic mass is 19.2. The van der Waals surface area contributed by atoms with Crippen LogP contribution in [0.25, 0.3) is 11.1 Å². The third-order valence-electron chi connectivity index (χ3n) is 7.25. The van der Waals surface area contributed by atoms with E-state index in [1.807, 2.05) is 0 Å². The zero-order valence-corrected chi connectivity index (χ0v) is 19.9. The van der Waals surface area contributed by atoms with Crippen molar-refractivity contribution in [1.82, 2.24) is 0 Å². The second-order valence-electron chi connectivity index (χ2n) is 9.63. The lowest BCUT2D eigenvalue weighted by Crippen LogP contribution is -2.15. The molecule has 1 saturated carbocycles. The van der Waals surface area contributed by atoms with Crippen LogP contribution in [0.15, 0.2) is 36.4 Å². The molecule has 0 nitrogen and oxygen atoms in total. The Labute approximate surface area is 206 Å². The Hall–Kier alpha value is -2.83. The predicted octanol–water partition coefficient (Wildman–Crippen LogP) is 9.19. The minimum absolute atomic E-state index is 0.0294. The molecule has 1 fully saturated rings. The third-order valence-corrected chi connectivity index (χ3v) is 7.25. The first-order valence-corrected chi connectivity index (χ1v) is 12.3. The highest BCUT2D eigenvalue weighted by molar-refractivity contribution is 5.65. The topological polar surface area (TPSA) is 0 Å². The van der Waals surface area contributed by atoms with E-state index in [0.29, 0.717) is 11.5 Å². The molecule has 0 radical (unpaired) electrons. The van der Waals surface area contributed by atoms with Gasteiger partial charge in [0.05, 0.1) is 0 Å². The van der Waals surface area contributed by atoms with Crippen molar-refractivity contribution in [2.24, 2.45) is 5.92 Å². The van der Waals surface area contributed by atoms with Crippen LogP contribution in [0, 0.1) is 46.6 Å². The summed E-state index contributed by atoms with van der Waals surface area (Å²) in [4.78, 5) is 0. The molecule has 0 amide bonds. The Morgan fingerprint density at radius 3 is 1.86 bits per heavy atom. The summed E-state index contributed by atoms with van der Waals surface area (Å²) >= 11 is 0. The zero-order chi connectivity index (χ0) is 26.0. The zero-order valence-electron chi connectivity index (χ0n) is 19.9. The van der Waals surface area contributed by atoms with E-state index in [2.05, 4.69) is 6.92 Å². The summed E-state index contributed by atoms with van der Waals surface area (Å²) in [7, 11) is 0. The summed E-state index contributed by atoms with van der Waals surface area (Å²) in [6.07, 6.45) is 5.31. The summed E-state index contributed by atoms with van der Waals surface area (Å²) < 4.78 is 99.5. The van der Waals surface area contributed by atoms with E-state index in [-0.39, 0.29) is 41.0 Å². The lowest BCUT2D eigenvalue weighted by atomic mass is 9.77. The highest BCUT2D eigenvalue weighted by Gasteiger charge is 2.26. The van der Waals surface area contributed by atoms with Crippen LogP contribution in [0.4, 0.5) is 30.7 Å². The van der Waals surface area contributed by atoms with E-state index in [9.17, 15) is 22.0 Å². The summed E-state index contributed by atoms with van der Waals surface area (Å²) in [5.74, 6) is -8.00. The van der Waals surface area contributed by atoms with Crippen molar-refractivity contribution >= 4 is 0 Å². The first-order valence-electron chi connectivity index (χ1n) is 12.3. The predicted molar refractivity (Wildman–Crippen MR) is 125 cm³/mol. The SMILES string of the molecule is CCCC1CCC(c2ccc(-c3cc(F)c(CCc4cc(F)c(F)c(F)c4)c(F)c3)c(F)c2F)CC1. The number of rotatable bonds is 7. The van der Waals surface area contributed by atoms with E-state index < -0.39 is 40.7 Å². The molecule has 4 rings (SSSR count). The van der Waals surface area contributed by atoms with Crippen LogP contribution in [0.5, 0.6) is 0 Å². The number of benzene rings is 3. The maximum Gasteiger partial charge on any atom is 0.194 e. The summed E-state index contributed by atoms with van der Waals surface area (Å²) in [6, 6.07) is 6.20. The minimum atomic E-state index is -1.62. The van der Waals surface area contributed by atoms with Gasteiger partial charge in [0, 0.05) is 11.1 Å². The van der Waals surface area contributed by atoms with Gasteiger partial charge >= 0.3 is 0 Å². The maximum atomic E-state index is 15.0. The van der Waals surface area contributed by atoms with Crippen LogP contribution in [0.1, 0.15) is 68.1 Å². The number of hydrogen-bond acceptors (Lipinski definition) is 0. The van der Waals surface area contributed by atoms with Gasteiger partial charge in [-0.1, -0.05) is 31.9 Å². The molecule has 36 heavy (non-hydrogen) atoms. The minimum Gasteiger partial charge on any atom is -0.207 e. The van der Waals surface area contributed by atoms with Gasteiger partial charge < -0.3 is 0 Å². The largest absolute Gasteiger partial charge is 0.207 e. The van der Waals surface area contributed by atoms with Crippen molar-refractivity contribution in [2.45, 2.75) is 64.2 Å². The van der Waals surface area contributed by atoms with Crippen molar-refractivity contribution < 1.29 is 30.7 Å². The fraction of sp³-hybridized carbons (Fsp3) is 0.379. The van der Waals surface area contributed by atoms with Gasteiger partial charge in [0.1, 0.15) is 11.6 Å². The van der Waals surface area contributed by atoms with Gasteiger partial charge in [-0.15, -0.1) is 0 Å². The first kappa shape index (κ1) is 26.2. The quantitative estimate of drug-likeness (QED) is 0.220. The second kappa shape index (κ2) is 11.1. The molecule has 3 aromatic carbocycles. The van der Waals surface area contributed by atoms with Gasteiger partial charge in [-0.25, -0.2) is 30.7 Å². The molecular weight excluding hydrogens is 481 g/mol. The maximum absolute atomic E-state index is 15.0. The Morgan fingerprint density at radius 2 is 1.28 bits per heavy atom. The van der Waals surface area contributed by atoms with Crippen LogP contribution in [-0.2, 0) is 12.8 Å². The standard InChI is InChI=1S/C29H27F7/c1-2-3-16-4-7-18(8-5-16)20-10-11-21(28(35)27(20)34)19-14-23(30)22(24(31)15-19)9-6-17-12-25(32)29(36)26(33)13-17/h10-16,18H,2-9H2,1H3. The van der Waals surface area contributed by atoms with Crippen LogP contribution in [0.3, 0.4) is 0 Å². The summed E-state index contributed by atoms with van der Waals surface area (Å²) in [6.45, 7) is 2.13. The molecular formula is C29H27F7. The second-order valence-corrected chi connectivity index (χ2v) is 9.63. The Morgan fingerprint density at radius 1 is 0.667 bits per heavy atom. The van der Waals surface area contributed by atoms with E-state index >= 15 is 8.78 Å². The molecule has 0 heterocycles. The molecule has 3 aromatic rings. The molecule has 0 spiro atoms. The monoisotopic (exact) mass is 508 g/mol. The van der Waals surface area contributed by atoms with E-state index in [4.69, 9.17) is 0 Å². The van der Waals surface area contributed by atoms with Gasteiger partial charge in [-0.2, -0.15) is 0 Å². The molecule has 0 atom stereocenters. The van der Waals surface area contributed by atoms with E-state index in [1.54, 1.807) is 0 Å². The molecule has 1 aliphatic rings. The van der Waals surface area contributed by atoms with Gasteiger partial charge in [0.2, 0.25) is 0 Å². The molecule has 7 heteroatoms. The molecule has 0 aromatic heterocycles. The summed E-state index contributed by atoms with van der Waals surface area (Å²) in [5, 5.41) is 0. The normalized spacial score (nSPS) is 18.0. The molecule has 0 aliphatic heterocycles. The molecule has 1 aliphatic carbocycles. The number of aryl methyl sites for hydroxylation is 1. The van der Waals surface area contributed by atoms with E-state index in [0.717, 1.165) is 62.8 Å². The first-order chi connectivity index (χ1) is 17.2. The van der Waals surface area contributed by atoms with Crippen molar-refractivity contribution in [2.75, 3.05) is 0 Å². The summed E-state index contributed by atoms with van der Waals surface area (Å²) in [5.41, 5.74) is -0.445. The lowest BCUT2D eigenvalue weighted by molar-refractivity contribution is 0.303. The van der Waals surface area contributed by atoms with Crippen LogP contribution < -0.4 is 0 Å². The highest BCUT2D eigenvalue weighted by Crippen LogP contribution is 2.40. The van der Waals surface area contributed by atoms with Crippen LogP contribution in [0.2, 0.25) is 0 Å². The van der Waals surface area contributed by atoms with Gasteiger partial charge in [-0.3, -0.25) is 0 Å². The van der Waals surface area contributed by atoms with Crippen molar-refractivity contribution in [3.63, 3.8) is 0 Å². The molecule has 0 unspecified atom stereocenters. The van der Waals surface area contributed by atoms with Gasteiger partial charge in [0.15, 0.2) is 29.1 Å². The fourth-order valence-corrected chi connectivity index (χ4v) is 5.29. The van der Waals surface area contributed by atoms with Crippen LogP contribution in [-0.4, -0.2) is 0 Å². The lowest BCUT2D eigenvalue weighted by Gasteiger charge is -2.29. The van der Waals surface area contributed by atoms with Gasteiger partial charge in [0.25, 0.3) is 0 Å². The van der Waals surface area contributed by atoms with Crippen LogP contribution >= 0.6 is 0 Å². The molecule has 192 valence electrons. The Balaban J connectivity index is 1.53. The van der Waals surface area contributed by atoms with Gasteiger partial charge in [-0.05, 0) is 91.3 Å². The average molecular weight is 509 g/mol. The van der Waals surface area contributed by atoms with E-state index in [1.165, 1.54) is 12.1 Å². The van der Waals surface area contributed by atoms with Crippen molar-refractivity contribution in [3.8, 4) is 11.1 Å².